The summed E-state index contributed by atoms with van der Waals surface area (Å²) in [6.07, 6.45) is 4.52. The molecule has 4 rings (SSSR count). The summed E-state index contributed by atoms with van der Waals surface area (Å²) in [5, 5.41) is 6.39. The van der Waals surface area contributed by atoms with Crippen LogP contribution < -0.4 is 15.4 Å². The number of amides is 1. The predicted molar refractivity (Wildman–Crippen MR) is 124 cm³/mol. The minimum absolute atomic E-state index is 0.0753. The van der Waals surface area contributed by atoms with Crippen molar-refractivity contribution < 1.29 is 19.1 Å². The summed E-state index contributed by atoms with van der Waals surface area (Å²) in [4.78, 5) is 25.7. The number of allylic oxidation sites excluding steroid dienone is 1. The number of ketones is 1. The molecule has 6 heteroatoms. The van der Waals surface area contributed by atoms with Crippen LogP contribution >= 0.6 is 0 Å². The lowest BCUT2D eigenvalue weighted by Crippen LogP contribution is -2.43. The van der Waals surface area contributed by atoms with E-state index in [1.54, 1.807) is 37.5 Å². The number of fused-ring (bicyclic) bond motifs is 1. The number of methoxy groups -OCH3 is 1. The van der Waals surface area contributed by atoms with Gasteiger partial charge in [-0.05, 0) is 62.9 Å². The lowest BCUT2D eigenvalue weighted by Gasteiger charge is -2.35. The maximum atomic E-state index is 13.1. The van der Waals surface area contributed by atoms with Crippen molar-refractivity contribution in [3.63, 3.8) is 0 Å². The van der Waals surface area contributed by atoms with E-state index in [-0.39, 0.29) is 23.3 Å². The van der Waals surface area contributed by atoms with Crippen LogP contribution in [0.15, 0.2) is 48.5 Å². The number of rotatable bonds is 6. The van der Waals surface area contributed by atoms with Crippen molar-refractivity contribution >= 4 is 17.4 Å². The van der Waals surface area contributed by atoms with Gasteiger partial charge in [0.25, 0.3) is 5.91 Å². The molecule has 1 unspecified atom stereocenters. The molecule has 168 valence electrons. The van der Waals surface area contributed by atoms with Gasteiger partial charge in [-0.25, -0.2) is 0 Å². The van der Waals surface area contributed by atoms with Crippen LogP contribution in [0.1, 0.15) is 58.5 Å². The zero-order chi connectivity index (χ0) is 22.7. The molecule has 1 saturated heterocycles. The van der Waals surface area contributed by atoms with Crippen molar-refractivity contribution in [1.82, 2.24) is 10.6 Å². The summed E-state index contributed by atoms with van der Waals surface area (Å²) in [5.41, 5.74) is 3.63. The largest absolute Gasteiger partial charge is 0.497 e. The molecule has 2 aromatic rings. The Morgan fingerprint density at radius 3 is 2.78 bits per heavy atom. The molecule has 32 heavy (non-hydrogen) atoms. The Balaban J connectivity index is 1.55. The Hall–Kier alpha value is -3.12. The highest BCUT2D eigenvalue weighted by molar-refractivity contribution is 6.10. The Labute approximate surface area is 189 Å². The summed E-state index contributed by atoms with van der Waals surface area (Å²) in [5.74, 6) is 0.385. The average molecular weight is 435 g/mol. The van der Waals surface area contributed by atoms with Crippen LogP contribution in [0.5, 0.6) is 5.75 Å². The first kappa shape index (κ1) is 22.1. The lowest BCUT2D eigenvalue weighted by atomic mass is 9.85. The van der Waals surface area contributed by atoms with Gasteiger partial charge in [-0.2, -0.15) is 0 Å². The van der Waals surface area contributed by atoms with Crippen molar-refractivity contribution in [2.45, 2.75) is 44.8 Å². The smallest absolute Gasteiger partial charge is 0.251 e. The Kier molecular flexibility index (Phi) is 6.33. The molecule has 1 atom stereocenters. The van der Waals surface area contributed by atoms with Crippen LogP contribution in [0, 0.1) is 0 Å². The summed E-state index contributed by atoms with van der Waals surface area (Å²) in [7, 11) is 1.63. The average Bonchev–Trinajstić information content (AvgIpc) is 3.30. The van der Waals surface area contributed by atoms with Crippen molar-refractivity contribution in [2.24, 2.45) is 0 Å². The number of ether oxygens (including phenoxy) is 2. The zero-order valence-corrected chi connectivity index (χ0v) is 18.9. The number of hydrogen-bond acceptors (Lipinski definition) is 5. The van der Waals surface area contributed by atoms with E-state index in [1.165, 1.54) is 0 Å². The molecular weight excluding hydrogens is 404 g/mol. The third-order valence-corrected chi connectivity index (χ3v) is 5.91. The van der Waals surface area contributed by atoms with E-state index in [2.05, 4.69) is 24.5 Å². The van der Waals surface area contributed by atoms with E-state index in [1.807, 2.05) is 18.2 Å². The fourth-order valence-corrected chi connectivity index (χ4v) is 4.30. The molecular formula is C26H30N2O4. The number of carbonyl (C=O) groups excluding carboxylic acids is 2. The second-order valence-corrected chi connectivity index (χ2v) is 9.06. The molecule has 2 aliphatic heterocycles. The summed E-state index contributed by atoms with van der Waals surface area (Å²) in [6, 6.07) is 12.8. The SMILES string of the molecule is COc1ccc2c(c1)C(=CC(=O)c1cccc(C(=O)NCC3CCCO3)c1)NC(C)(C)C2. The van der Waals surface area contributed by atoms with Gasteiger partial charge < -0.3 is 20.1 Å². The standard InChI is InChI=1S/C26H30N2O4/c1-26(2)15-19-9-10-20(31-3)13-22(19)23(28-26)14-24(29)17-6-4-7-18(12-17)25(30)27-16-21-8-5-11-32-21/h4,6-7,9-10,12-14,21,28H,5,8,11,15-16H2,1-3H3,(H,27,30). The molecule has 2 heterocycles. The molecule has 1 amide bonds. The Morgan fingerprint density at radius 1 is 1.22 bits per heavy atom. The monoisotopic (exact) mass is 434 g/mol. The molecule has 6 nitrogen and oxygen atoms in total. The molecule has 0 radical (unpaired) electrons. The van der Waals surface area contributed by atoms with Crippen LogP contribution in [-0.2, 0) is 11.2 Å². The molecule has 2 N–H and O–H groups in total. The normalized spacial score (nSPS) is 20.3. The molecule has 0 aromatic heterocycles. The van der Waals surface area contributed by atoms with Crippen LogP contribution in [-0.4, -0.2) is 43.6 Å². The van der Waals surface area contributed by atoms with E-state index >= 15 is 0 Å². The van der Waals surface area contributed by atoms with Crippen molar-refractivity contribution in [1.29, 1.82) is 0 Å². The number of carbonyl (C=O) groups is 2. The van der Waals surface area contributed by atoms with Crippen molar-refractivity contribution in [2.75, 3.05) is 20.3 Å². The number of nitrogens with one attached hydrogen (secondary N) is 2. The fraction of sp³-hybridized carbons (Fsp3) is 0.385. The highest BCUT2D eigenvalue weighted by Gasteiger charge is 2.28. The Bertz CT molecular complexity index is 1050. The summed E-state index contributed by atoms with van der Waals surface area (Å²) in [6.45, 7) is 5.45. The van der Waals surface area contributed by atoms with E-state index in [9.17, 15) is 9.59 Å². The van der Waals surface area contributed by atoms with Crippen LogP contribution in [0.25, 0.3) is 5.70 Å². The topological polar surface area (TPSA) is 76.7 Å². The minimum atomic E-state index is -0.199. The first-order valence-corrected chi connectivity index (χ1v) is 11.1. The van der Waals surface area contributed by atoms with Gasteiger partial charge in [-0.1, -0.05) is 18.2 Å². The molecule has 2 aliphatic rings. The van der Waals surface area contributed by atoms with E-state index in [4.69, 9.17) is 9.47 Å². The highest BCUT2D eigenvalue weighted by Crippen LogP contribution is 2.32. The van der Waals surface area contributed by atoms with Crippen LogP contribution in [0.4, 0.5) is 0 Å². The molecule has 0 spiro atoms. The Morgan fingerprint density at radius 2 is 2.03 bits per heavy atom. The molecule has 1 fully saturated rings. The minimum Gasteiger partial charge on any atom is -0.497 e. The van der Waals surface area contributed by atoms with E-state index < -0.39 is 0 Å². The second-order valence-electron chi connectivity index (χ2n) is 9.06. The fourth-order valence-electron chi connectivity index (χ4n) is 4.30. The van der Waals surface area contributed by atoms with Gasteiger partial charge in [0.2, 0.25) is 0 Å². The molecule has 0 saturated carbocycles. The maximum absolute atomic E-state index is 13.1. The zero-order valence-electron chi connectivity index (χ0n) is 18.9. The van der Waals surface area contributed by atoms with Gasteiger partial charge >= 0.3 is 0 Å². The predicted octanol–water partition coefficient (Wildman–Crippen LogP) is 3.75. The third-order valence-electron chi connectivity index (χ3n) is 5.91. The summed E-state index contributed by atoms with van der Waals surface area (Å²) >= 11 is 0. The number of hydrogen-bond donors (Lipinski definition) is 2. The lowest BCUT2D eigenvalue weighted by molar-refractivity contribution is 0.0858. The second kappa shape index (κ2) is 9.17. The van der Waals surface area contributed by atoms with Gasteiger partial charge in [0.05, 0.1) is 13.2 Å². The molecule has 0 aliphatic carbocycles. The van der Waals surface area contributed by atoms with E-state index in [0.29, 0.717) is 17.7 Å². The van der Waals surface area contributed by atoms with Crippen molar-refractivity contribution in [3.05, 3.63) is 70.8 Å². The van der Waals surface area contributed by atoms with E-state index in [0.717, 1.165) is 48.4 Å². The van der Waals surface area contributed by atoms with Gasteiger partial charge in [0.15, 0.2) is 5.78 Å². The highest BCUT2D eigenvalue weighted by atomic mass is 16.5. The van der Waals surface area contributed by atoms with Gasteiger partial charge in [0, 0.05) is 47.2 Å². The van der Waals surface area contributed by atoms with Gasteiger partial charge in [0.1, 0.15) is 5.75 Å². The maximum Gasteiger partial charge on any atom is 0.251 e. The van der Waals surface area contributed by atoms with Crippen molar-refractivity contribution in [3.8, 4) is 5.75 Å². The van der Waals surface area contributed by atoms with Crippen LogP contribution in [0.2, 0.25) is 0 Å². The first-order chi connectivity index (χ1) is 15.3. The van der Waals surface area contributed by atoms with Gasteiger partial charge in [-0.3, -0.25) is 9.59 Å². The summed E-state index contributed by atoms with van der Waals surface area (Å²) < 4.78 is 10.9. The quantitative estimate of drug-likeness (QED) is 0.535. The first-order valence-electron chi connectivity index (χ1n) is 11.1. The molecule has 0 bridgehead atoms. The molecule has 2 aromatic carbocycles. The van der Waals surface area contributed by atoms with Crippen LogP contribution in [0.3, 0.4) is 0 Å². The van der Waals surface area contributed by atoms with Gasteiger partial charge in [-0.15, -0.1) is 0 Å². The number of benzene rings is 2. The third kappa shape index (κ3) is 5.02.